The van der Waals surface area contributed by atoms with Crippen LogP contribution in [0.4, 0.5) is 0 Å². The molecule has 3 nitrogen and oxygen atoms in total. The normalized spacial score (nSPS) is 25.4. The molecule has 2 N–H and O–H groups in total. The molecule has 14 heavy (non-hydrogen) atoms. The van der Waals surface area contributed by atoms with Gasteiger partial charge in [0.05, 0.1) is 6.07 Å². The Morgan fingerprint density at radius 3 is 2.71 bits per heavy atom. The number of nitrogens with zero attached hydrogens (tertiary/aromatic N) is 1. The molecule has 0 aromatic carbocycles. The van der Waals surface area contributed by atoms with E-state index in [2.05, 4.69) is 29.7 Å². The zero-order valence-electron chi connectivity index (χ0n) is 8.80. The number of rotatable bonds is 4. The Kier molecular flexibility index (Phi) is 3.73. The number of likely N-dealkylation sites (N-methyl/N-ethyl adjacent to an activating group) is 2. The van der Waals surface area contributed by atoms with E-state index in [1.165, 1.54) is 0 Å². The van der Waals surface area contributed by atoms with Crippen molar-refractivity contribution >= 4 is 0 Å². The zero-order valence-corrected chi connectivity index (χ0v) is 8.80. The van der Waals surface area contributed by atoms with Crippen molar-refractivity contribution < 1.29 is 0 Å². The molecule has 0 saturated heterocycles. The van der Waals surface area contributed by atoms with Gasteiger partial charge in [-0.15, -0.1) is 0 Å². The van der Waals surface area contributed by atoms with Crippen LogP contribution >= 0.6 is 0 Å². The van der Waals surface area contributed by atoms with E-state index in [0.717, 1.165) is 25.2 Å². The van der Waals surface area contributed by atoms with Crippen LogP contribution in [0.5, 0.6) is 0 Å². The van der Waals surface area contributed by atoms with Gasteiger partial charge < -0.3 is 5.32 Å². The minimum Gasteiger partial charge on any atom is -0.386 e. The Labute approximate surface area is 85.5 Å². The van der Waals surface area contributed by atoms with E-state index in [0.29, 0.717) is 0 Å². The van der Waals surface area contributed by atoms with Crippen LogP contribution in [0.3, 0.4) is 0 Å². The van der Waals surface area contributed by atoms with Gasteiger partial charge in [-0.2, -0.15) is 5.26 Å². The van der Waals surface area contributed by atoms with Gasteiger partial charge in [-0.25, -0.2) is 0 Å². The van der Waals surface area contributed by atoms with Gasteiger partial charge in [-0.1, -0.05) is 13.0 Å². The summed E-state index contributed by atoms with van der Waals surface area (Å²) in [6.07, 6.45) is 6.71. The molecule has 1 unspecified atom stereocenters. The van der Waals surface area contributed by atoms with Gasteiger partial charge in [0.1, 0.15) is 5.54 Å². The maximum absolute atomic E-state index is 9.08. The summed E-state index contributed by atoms with van der Waals surface area (Å²) in [5.41, 5.74) is 0.615. The van der Waals surface area contributed by atoms with Crippen LogP contribution in [-0.4, -0.2) is 18.6 Å². The summed E-state index contributed by atoms with van der Waals surface area (Å²) in [6.45, 7) is 5.79. The third kappa shape index (κ3) is 2.36. The summed E-state index contributed by atoms with van der Waals surface area (Å²) < 4.78 is 0. The monoisotopic (exact) mass is 191 g/mol. The largest absolute Gasteiger partial charge is 0.386 e. The molecule has 3 heteroatoms. The lowest BCUT2D eigenvalue weighted by molar-refractivity contribution is 0.509. The quantitative estimate of drug-likeness (QED) is 0.704. The zero-order chi connectivity index (χ0) is 10.4. The van der Waals surface area contributed by atoms with E-state index in [-0.39, 0.29) is 0 Å². The molecule has 1 aliphatic rings. The Morgan fingerprint density at radius 2 is 2.29 bits per heavy atom. The van der Waals surface area contributed by atoms with Crippen molar-refractivity contribution in [3.63, 3.8) is 0 Å². The molecular formula is C11H17N3. The molecule has 0 aromatic heterocycles. The average Bonchev–Trinajstić information content (AvgIpc) is 2.22. The van der Waals surface area contributed by atoms with Crippen LogP contribution in [0, 0.1) is 11.3 Å². The van der Waals surface area contributed by atoms with Gasteiger partial charge in [-0.3, -0.25) is 5.32 Å². The molecule has 0 fully saturated rings. The molecule has 0 saturated carbocycles. The van der Waals surface area contributed by atoms with Crippen LogP contribution in [0.15, 0.2) is 23.9 Å². The van der Waals surface area contributed by atoms with Crippen molar-refractivity contribution in [3.8, 4) is 6.07 Å². The van der Waals surface area contributed by atoms with Crippen molar-refractivity contribution in [3.05, 3.63) is 23.9 Å². The summed E-state index contributed by atoms with van der Waals surface area (Å²) in [5.74, 6) is 0. The lowest BCUT2D eigenvalue weighted by Gasteiger charge is -2.25. The van der Waals surface area contributed by atoms with Crippen LogP contribution in [-0.2, 0) is 0 Å². The highest BCUT2D eigenvalue weighted by Crippen LogP contribution is 2.19. The highest BCUT2D eigenvalue weighted by atomic mass is 15.0. The number of nitrogens with one attached hydrogen (secondary N) is 2. The van der Waals surface area contributed by atoms with Gasteiger partial charge in [0.15, 0.2) is 0 Å². The van der Waals surface area contributed by atoms with E-state index in [4.69, 9.17) is 5.26 Å². The summed E-state index contributed by atoms with van der Waals surface area (Å²) in [5, 5.41) is 15.5. The Hall–Kier alpha value is -1.27. The molecule has 0 spiro atoms. The molecule has 0 amide bonds. The van der Waals surface area contributed by atoms with Crippen molar-refractivity contribution in [1.29, 1.82) is 5.26 Å². The van der Waals surface area contributed by atoms with Crippen LogP contribution < -0.4 is 10.6 Å². The predicted molar refractivity (Wildman–Crippen MR) is 57.5 cm³/mol. The summed E-state index contributed by atoms with van der Waals surface area (Å²) in [7, 11) is 0. The highest BCUT2D eigenvalue weighted by Gasteiger charge is 2.26. The number of nitriles is 1. The standard InChI is InChI=1S/C11H17N3/c1-3-13-10-5-7-11(9-12,8-6-10)14-4-2/h5-7,13-14H,3-4,8H2,1-2H3. The summed E-state index contributed by atoms with van der Waals surface area (Å²) in [4.78, 5) is 0. The van der Waals surface area contributed by atoms with Crippen molar-refractivity contribution in [2.24, 2.45) is 0 Å². The van der Waals surface area contributed by atoms with Gasteiger partial charge in [0.2, 0.25) is 0 Å². The van der Waals surface area contributed by atoms with Crippen molar-refractivity contribution in [2.75, 3.05) is 13.1 Å². The molecule has 0 aliphatic heterocycles. The Bertz CT molecular complexity index is 285. The third-order valence-electron chi connectivity index (χ3n) is 2.26. The molecule has 0 radical (unpaired) electrons. The van der Waals surface area contributed by atoms with Crippen LogP contribution in [0.2, 0.25) is 0 Å². The molecule has 0 bridgehead atoms. The highest BCUT2D eigenvalue weighted by molar-refractivity contribution is 5.33. The minimum absolute atomic E-state index is 0.492. The smallest absolute Gasteiger partial charge is 0.129 e. The van der Waals surface area contributed by atoms with Crippen LogP contribution in [0.25, 0.3) is 0 Å². The number of hydrogen-bond acceptors (Lipinski definition) is 3. The molecule has 1 aliphatic carbocycles. The van der Waals surface area contributed by atoms with Gasteiger partial charge in [0.25, 0.3) is 0 Å². The second-order valence-corrected chi connectivity index (χ2v) is 3.34. The lowest BCUT2D eigenvalue weighted by Crippen LogP contribution is -2.42. The average molecular weight is 191 g/mol. The number of hydrogen-bond donors (Lipinski definition) is 2. The maximum atomic E-state index is 9.08. The summed E-state index contributed by atoms with van der Waals surface area (Å²) in [6, 6.07) is 2.31. The molecule has 76 valence electrons. The topological polar surface area (TPSA) is 47.9 Å². The second-order valence-electron chi connectivity index (χ2n) is 3.34. The van der Waals surface area contributed by atoms with E-state index in [1.54, 1.807) is 0 Å². The molecule has 0 aromatic rings. The van der Waals surface area contributed by atoms with E-state index in [9.17, 15) is 0 Å². The maximum Gasteiger partial charge on any atom is 0.129 e. The predicted octanol–water partition coefficient (Wildman–Crippen LogP) is 1.31. The van der Waals surface area contributed by atoms with Crippen molar-refractivity contribution in [1.82, 2.24) is 10.6 Å². The second kappa shape index (κ2) is 4.83. The lowest BCUT2D eigenvalue weighted by atomic mass is 9.92. The third-order valence-corrected chi connectivity index (χ3v) is 2.26. The Morgan fingerprint density at radius 1 is 1.50 bits per heavy atom. The first-order valence-corrected chi connectivity index (χ1v) is 5.06. The van der Waals surface area contributed by atoms with Crippen molar-refractivity contribution in [2.45, 2.75) is 25.8 Å². The fourth-order valence-electron chi connectivity index (χ4n) is 1.54. The minimum atomic E-state index is -0.492. The first-order valence-electron chi connectivity index (χ1n) is 5.06. The first-order chi connectivity index (χ1) is 6.76. The Balaban J connectivity index is 2.65. The molecule has 1 atom stereocenters. The van der Waals surface area contributed by atoms with Crippen LogP contribution in [0.1, 0.15) is 20.3 Å². The van der Waals surface area contributed by atoms with E-state index < -0.39 is 5.54 Å². The molecule has 0 heterocycles. The van der Waals surface area contributed by atoms with Gasteiger partial charge in [-0.05, 0) is 25.6 Å². The summed E-state index contributed by atoms with van der Waals surface area (Å²) >= 11 is 0. The van der Waals surface area contributed by atoms with Gasteiger partial charge >= 0.3 is 0 Å². The fourth-order valence-corrected chi connectivity index (χ4v) is 1.54. The fraction of sp³-hybridized carbons (Fsp3) is 0.545. The SMILES string of the molecule is CCNC1=CCC(C#N)(NCC)C=C1. The number of allylic oxidation sites excluding steroid dienone is 1. The van der Waals surface area contributed by atoms with Gasteiger partial charge in [0, 0.05) is 18.7 Å². The first kappa shape index (κ1) is 10.8. The van der Waals surface area contributed by atoms with E-state index >= 15 is 0 Å². The molecule has 1 rings (SSSR count). The van der Waals surface area contributed by atoms with E-state index in [1.807, 2.05) is 19.1 Å². The molecular weight excluding hydrogens is 174 g/mol.